The van der Waals surface area contributed by atoms with Gasteiger partial charge in [-0.2, -0.15) is 0 Å². The van der Waals surface area contributed by atoms with Crippen LogP contribution in [0.2, 0.25) is 0 Å². The maximum absolute atomic E-state index is 12.7. The Morgan fingerprint density at radius 3 is 2.79 bits per heavy atom. The molecule has 1 heterocycles. The van der Waals surface area contributed by atoms with Crippen LogP contribution in [-0.2, 0) is 11.2 Å². The predicted molar refractivity (Wildman–Crippen MR) is 91.1 cm³/mol. The molecule has 0 aromatic heterocycles. The van der Waals surface area contributed by atoms with Gasteiger partial charge in [-0.25, -0.2) is 4.79 Å². The average molecular weight is 333 g/mol. The van der Waals surface area contributed by atoms with E-state index in [1.165, 1.54) is 5.56 Å². The lowest BCUT2D eigenvalue weighted by Crippen LogP contribution is -2.38. The third-order valence-electron chi connectivity index (χ3n) is 5.17. The topological polar surface area (TPSA) is 59.0 Å². The molecule has 5 nitrogen and oxygen atoms in total. The number of nitrogens with zero attached hydrogens (tertiary/aromatic N) is 1. The highest BCUT2D eigenvalue weighted by atomic mass is 16.6. The number of rotatable bonds is 3. The second kappa shape index (κ2) is 5.96. The Balaban J connectivity index is 1.98. The number of carbonyl (C=O) groups excluding carboxylic acids is 1. The van der Waals surface area contributed by atoms with Crippen molar-refractivity contribution in [2.24, 2.45) is 5.41 Å². The molecule has 2 aliphatic rings. The van der Waals surface area contributed by atoms with Crippen molar-refractivity contribution in [3.63, 3.8) is 0 Å². The van der Waals surface area contributed by atoms with Crippen LogP contribution in [0.3, 0.4) is 0 Å². The number of aliphatic hydroxyl groups excluding tert-OH is 1. The molecule has 0 bridgehead atoms. The fourth-order valence-electron chi connectivity index (χ4n) is 4.21. The molecule has 1 amide bonds. The Hall–Kier alpha value is -1.75. The van der Waals surface area contributed by atoms with Gasteiger partial charge >= 0.3 is 6.09 Å². The monoisotopic (exact) mass is 333 g/mol. The lowest BCUT2D eigenvalue weighted by Gasteiger charge is -2.33. The molecule has 1 fully saturated rings. The van der Waals surface area contributed by atoms with E-state index in [1.54, 1.807) is 7.11 Å². The number of methoxy groups -OCH3 is 1. The van der Waals surface area contributed by atoms with Gasteiger partial charge in [-0.3, -0.25) is 0 Å². The van der Waals surface area contributed by atoms with E-state index < -0.39 is 5.60 Å². The summed E-state index contributed by atoms with van der Waals surface area (Å²) in [6.07, 6.45) is 2.18. The molecular weight excluding hydrogens is 306 g/mol. The summed E-state index contributed by atoms with van der Waals surface area (Å²) < 4.78 is 11.0. The van der Waals surface area contributed by atoms with Gasteiger partial charge in [0.05, 0.1) is 13.2 Å². The number of fused-ring (bicyclic) bond motifs is 3. The Bertz CT molecular complexity index is 637. The zero-order valence-electron chi connectivity index (χ0n) is 15.0. The Kier molecular flexibility index (Phi) is 4.24. The minimum absolute atomic E-state index is 0.0513. The molecule has 0 unspecified atom stereocenters. The van der Waals surface area contributed by atoms with Crippen LogP contribution in [0.1, 0.15) is 50.8 Å². The van der Waals surface area contributed by atoms with Crippen molar-refractivity contribution in [3.8, 4) is 5.75 Å². The molecule has 1 aromatic rings. The van der Waals surface area contributed by atoms with Crippen molar-refractivity contribution in [1.82, 2.24) is 4.90 Å². The van der Waals surface area contributed by atoms with E-state index in [2.05, 4.69) is 6.07 Å². The first-order chi connectivity index (χ1) is 11.3. The standard InChI is InChI=1S/C19H27NO4/c1-18(2,3)24-17(22)20-9-7-19(8-10-21)12-13-5-6-14(23-4)11-15(13)16(19)20/h5-6,11,16,21H,7-10,12H2,1-4H3/t16-,19-/m1/s1. The Morgan fingerprint density at radius 2 is 2.17 bits per heavy atom. The van der Waals surface area contributed by atoms with Crippen molar-refractivity contribution >= 4 is 6.09 Å². The van der Waals surface area contributed by atoms with Crippen LogP contribution in [0.25, 0.3) is 0 Å². The molecule has 0 spiro atoms. The second-order valence-corrected chi connectivity index (χ2v) is 7.90. The molecule has 24 heavy (non-hydrogen) atoms. The number of ether oxygens (including phenoxy) is 2. The smallest absolute Gasteiger partial charge is 0.410 e. The number of benzene rings is 1. The fourth-order valence-corrected chi connectivity index (χ4v) is 4.21. The highest BCUT2D eigenvalue weighted by molar-refractivity contribution is 5.70. The number of carbonyl (C=O) groups is 1. The van der Waals surface area contributed by atoms with Gasteiger partial charge < -0.3 is 19.5 Å². The summed E-state index contributed by atoms with van der Waals surface area (Å²) in [5, 5.41) is 9.60. The van der Waals surface area contributed by atoms with E-state index in [1.807, 2.05) is 37.8 Å². The highest BCUT2D eigenvalue weighted by Gasteiger charge is 2.54. The van der Waals surface area contributed by atoms with Crippen LogP contribution in [-0.4, -0.2) is 42.0 Å². The first-order valence-corrected chi connectivity index (χ1v) is 8.57. The molecule has 0 saturated carbocycles. The van der Waals surface area contributed by atoms with Gasteiger partial charge in [0.15, 0.2) is 0 Å². The molecular formula is C19H27NO4. The quantitative estimate of drug-likeness (QED) is 0.922. The number of aliphatic hydroxyl groups is 1. The van der Waals surface area contributed by atoms with Gasteiger partial charge in [-0.05, 0) is 63.3 Å². The molecule has 3 rings (SSSR count). The van der Waals surface area contributed by atoms with Crippen LogP contribution in [0.15, 0.2) is 18.2 Å². The summed E-state index contributed by atoms with van der Waals surface area (Å²) >= 11 is 0. The van der Waals surface area contributed by atoms with Gasteiger partial charge in [-0.15, -0.1) is 0 Å². The summed E-state index contributed by atoms with van der Waals surface area (Å²) in [6.45, 7) is 6.44. The lowest BCUT2D eigenvalue weighted by molar-refractivity contribution is 0.0157. The summed E-state index contributed by atoms with van der Waals surface area (Å²) in [5.74, 6) is 0.796. The zero-order chi connectivity index (χ0) is 17.5. The molecule has 1 saturated heterocycles. The molecule has 0 radical (unpaired) electrons. The number of amides is 1. The summed E-state index contributed by atoms with van der Waals surface area (Å²) in [5.41, 5.74) is 1.75. The molecule has 2 atom stereocenters. The third-order valence-corrected chi connectivity index (χ3v) is 5.17. The fraction of sp³-hybridized carbons (Fsp3) is 0.632. The van der Waals surface area contributed by atoms with Crippen molar-refractivity contribution in [1.29, 1.82) is 0 Å². The maximum atomic E-state index is 12.7. The minimum atomic E-state index is -0.519. The first-order valence-electron chi connectivity index (χ1n) is 8.57. The molecule has 5 heteroatoms. The normalized spacial score (nSPS) is 25.4. The number of hydrogen-bond donors (Lipinski definition) is 1. The predicted octanol–water partition coefficient (Wildman–Crippen LogP) is 3.30. The third kappa shape index (κ3) is 2.86. The Labute approximate surface area is 143 Å². The first kappa shape index (κ1) is 17.1. The van der Waals surface area contributed by atoms with Crippen molar-refractivity contribution < 1.29 is 19.4 Å². The number of hydrogen-bond acceptors (Lipinski definition) is 4. The van der Waals surface area contributed by atoms with Crippen molar-refractivity contribution in [2.75, 3.05) is 20.3 Å². The lowest BCUT2D eigenvalue weighted by atomic mass is 9.78. The average Bonchev–Trinajstić information content (AvgIpc) is 2.99. The summed E-state index contributed by atoms with van der Waals surface area (Å²) in [6, 6.07) is 6.02. The van der Waals surface area contributed by atoms with E-state index in [-0.39, 0.29) is 24.2 Å². The zero-order valence-corrected chi connectivity index (χ0v) is 15.0. The van der Waals surface area contributed by atoms with Crippen molar-refractivity contribution in [3.05, 3.63) is 29.3 Å². The van der Waals surface area contributed by atoms with Crippen molar-refractivity contribution in [2.45, 2.75) is 51.7 Å². The molecule has 1 aromatic carbocycles. The van der Waals surface area contributed by atoms with Gasteiger partial charge in [0, 0.05) is 18.6 Å². The van der Waals surface area contributed by atoms with Gasteiger partial charge in [0.1, 0.15) is 11.4 Å². The van der Waals surface area contributed by atoms with E-state index in [9.17, 15) is 9.90 Å². The SMILES string of the molecule is COc1ccc2c(c1)[C@H]1N(C(=O)OC(C)(C)C)CC[C@@]1(CCO)C2. The van der Waals surface area contributed by atoms with E-state index in [0.717, 1.165) is 24.2 Å². The second-order valence-electron chi connectivity index (χ2n) is 7.90. The van der Waals surface area contributed by atoms with Gasteiger partial charge in [0.25, 0.3) is 0 Å². The van der Waals surface area contributed by atoms with Crippen LogP contribution < -0.4 is 4.74 Å². The van der Waals surface area contributed by atoms with Gasteiger partial charge in [0.2, 0.25) is 0 Å². The summed E-state index contributed by atoms with van der Waals surface area (Å²) in [4.78, 5) is 14.6. The maximum Gasteiger partial charge on any atom is 0.410 e. The largest absolute Gasteiger partial charge is 0.497 e. The molecule has 1 aliphatic heterocycles. The Morgan fingerprint density at radius 1 is 1.42 bits per heavy atom. The van der Waals surface area contributed by atoms with Crippen LogP contribution in [0.4, 0.5) is 4.79 Å². The summed E-state index contributed by atoms with van der Waals surface area (Å²) in [7, 11) is 1.65. The van der Waals surface area contributed by atoms with E-state index in [0.29, 0.717) is 13.0 Å². The van der Waals surface area contributed by atoms with E-state index >= 15 is 0 Å². The van der Waals surface area contributed by atoms with Gasteiger partial charge in [-0.1, -0.05) is 6.07 Å². The molecule has 1 N–H and O–H groups in total. The van der Waals surface area contributed by atoms with Crippen LogP contribution >= 0.6 is 0 Å². The molecule has 132 valence electrons. The van der Waals surface area contributed by atoms with Crippen LogP contribution in [0.5, 0.6) is 5.75 Å². The highest BCUT2D eigenvalue weighted by Crippen LogP contribution is 2.57. The number of likely N-dealkylation sites (tertiary alicyclic amines) is 1. The molecule has 1 aliphatic carbocycles. The minimum Gasteiger partial charge on any atom is -0.497 e. The van der Waals surface area contributed by atoms with E-state index in [4.69, 9.17) is 9.47 Å². The van der Waals surface area contributed by atoms with Crippen LogP contribution in [0, 0.1) is 5.41 Å².